The van der Waals surface area contributed by atoms with Gasteiger partial charge in [0.05, 0.1) is 17.1 Å². The summed E-state index contributed by atoms with van der Waals surface area (Å²) in [6.07, 6.45) is 3.97. The van der Waals surface area contributed by atoms with Gasteiger partial charge in [0.15, 0.2) is 5.65 Å². The van der Waals surface area contributed by atoms with Crippen LogP contribution in [0.4, 0.5) is 0 Å². The van der Waals surface area contributed by atoms with E-state index < -0.39 is 0 Å². The first-order valence-electron chi connectivity index (χ1n) is 8.05. The maximum Gasteiger partial charge on any atom is 0.157 e. The summed E-state index contributed by atoms with van der Waals surface area (Å²) in [5, 5.41) is 9.03. The van der Waals surface area contributed by atoms with Gasteiger partial charge < -0.3 is 9.72 Å². The number of imidazole rings is 1. The SMILES string of the molecule is Cc1nc2ccccn2c1CNCc1cnc2c(c1)c(C)nn2C. The van der Waals surface area contributed by atoms with Gasteiger partial charge in [0, 0.05) is 37.9 Å². The minimum Gasteiger partial charge on any atom is -0.307 e. The second-order valence-corrected chi connectivity index (χ2v) is 6.10. The van der Waals surface area contributed by atoms with Crippen LogP contribution in [0.1, 0.15) is 22.6 Å². The molecule has 0 spiro atoms. The summed E-state index contributed by atoms with van der Waals surface area (Å²) in [7, 11) is 1.92. The van der Waals surface area contributed by atoms with Crippen molar-refractivity contribution in [3.8, 4) is 0 Å². The Balaban J connectivity index is 1.53. The molecule has 6 nitrogen and oxygen atoms in total. The van der Waals surface area contributed by atoms with Crippen LogP contribution in [0.5, 0.6) is 0 Å². The summed E-state index contributed by atoms with van der Waals surface area (Å²) in [6.45, 7) is 5.59. The lowest BCUT2D eigenvalue weighted by atomic mass is 10.2. The Morgan fingerprint density at radius 1 is 1.12 bits per heavy atom. The molecule has 4 aromatic rings. The minimum atomic E-state index is 0.761. The van der Waals surface area contributed by atoms with Crippen molar-refractivity contribution in [2.45, 2.75) is 26.9 Å². The summed E-state index contributed by atoms with van der Waals surface area (Å²) in [4.78, 5) is 9.12. The molecule has 0 unspecified atom stereocenters. The number of aryl methyl sites for hydroxylation is 3. The third-order valence-corrected chi connectivity index (χ3v) is 4.37. The Morgan fingerprint density at radius 2 is 2.00 bits per heavy atom. The Labute approximate surface area is 140 Å². The molecular formula is C18H20N6. The van der Waals surface area contributed by atoms with Gasteiger partial charge in [0.2, 0.25) is 0 Å². The number of nitrogens with zero attached hydrogens (tertiary/aromatic N) is 5. The second kappa shape index (κ2) is 5.72. The quantitative estimate of drug-likeness (QED) is 0.628. The molecule has 0 aliphatic rings. The van der Waals surface area contributed by atoms with Crippen LogP contribution >= 0.6 is 0 Å². The third-order valence-electron chi connectivity index (χ3n) is 4.37. The molecule has 0 bridgehead atoms. The summed E-state index contributed by atoms with van der Waals surface area (Å²) >= 11 is 0. The average molecular weight is 320 g/mol. The standard InChI is InChI=1S/C18H20N6/c1-12-15-8-14(10-20-18(15)23(3)22-12)9-19-11-16-13(2)21-17-6-4-5-7-24(16)17/h4-8,10,19H,9,11H2,1-3H3. The molecule has 4 heterocycles. The topological polar surface area (TPSA) is 60.0 Å². The second-order valence-electron chi connectivity index (χ2n) is 6.10. The Hall–Kier alpha value is -2.73. The molecule has 0 fully saturated rings. The predicted octanol–water partition coefficient (Wildman–Crippen LogP) is 2.52. The summed E-state index contributed by atoms with van der Waals surface area (Å²) in [5.41, 5.74) is 6.34. The van der Waals surface area contributed by atoms with Crippen LogP contribution in [0.2, 0.25) is 0 Å². The van der Waals surface area contributed by atoms with E-state index in [1.165, 1.54) is 5.69 Å². The summed E-state index contributed by atoms with van der Waals surface area (Å²) in [6, 6.07) is 8.23. The molecule has 0 aliphatic heterocycles. The van der Waals surface area contributed by atoms with Gasteiger partial charge in [-0.15, -0.1) is 0 Å². The van der Waals surface area contributed by atoms with E-state index in [1.807, 2.05) is 43.0 Å². The molecule has 6 heteroatoms. The highest BCUT2D eigenvalue weighted by Gasteiger charge is 2.09. The molecule has 0 saturated carbocycles. The van der Waals surface area contributed by atoms with Gasteiger partial charge in [-0.25, -0.2) is 9.97 Å². The minimum absolute atomic E-state index is 0.761. The first kappa shape index (κ1) is 14.8. The van der Waals surface area contributed by atoms with Crippen molar-refractivity contribution in [3.63, 3.8) is 0 Å². The smallest absolute Gasteiger partial charge is 0.157 e. The van der Waals surface area contributed by atoms with Crippen LogP contribution < -0.4 is 5.32 Å². The first-order chi connectivity index (χ1) is 11.6. The molecule has 24 heavy (non-hydrogen) atoms. The van der Waals surface area contributed by atoms with Crippen LogP contribution in [-0.4, -0.2) is 24.1 Å². The molecule has 122 valence electrons. The fourth-order valence-electron chi connectivity index (χ4n) is 3.15. The highest BCUT2D eigenvalue weighted by atomic mass is 15.3. The number of nitrogens with one attached hydrogen (secondary N) is 1. The van der Waals surface area contributed by atoms with Gasteiger partial charge in [-0.3, -0.25) is 4.68 Å². The maximum absolute atomic E-state index is 4.59. The van der Waals surface area contributed by atoms with Crippen molar-refractivity contribution < 1.29 is 0 Å². The van der Waals surface area contributed by atoms with Crippen molar-refractivity contribution >= 4 is 16.7 Å². The average Bonchev–Trinajstić information content (AvgIpc) is 3.04. The van der Waals surface area contributed by atoms with Gasteiger partial charge in [-0.05, 0) is 37.6 Å². The van der Waals surface area contributed by atoms with Gasteiger partial charge in [0.25, 0.3) is 0 Å². The van der Waals surface area contributed by atoms with Gasteiger partial charge in [0.1, 0.15) is 5.65 Å². The number of hydrogen-bond donors (Lipinski definition) is 1. The highest BCUT2D eigenvalue weighted by Crippen LogP contribution is 2.17. The number of aromatic nitrogens is 5. The zero-order chi connectivity index (χ0) is 16.7. The third kappa shape index (κ3) is 2.45. The van der Waals surface area contributed by atoms with Crippen LogP contribution in [0.15, 0.2) is 36.7 Å². The molecule has 0 aromatic carbocycles. The normalized spacial score (nSPS) is 11.6. The molecule has 4 rings (SSSR count). The fourth-order valence-corrected chi connectivity index (χ4v) is 3.15. The lowest BCUT2D eigenvalue weighted by molar-refractivity contribution is 0.671. The maximum atomic E-state index is 4.59. The number of pyridine rings is 2. The number of rotatable bonds is 4. The lowest BCUT2D eigenvalue weighted by Crippen LogP contribution is -2.15. The molecular weight excluding hydrogens is 300 g/mol. The van der Waals surface area contributed by atoms with Crippen LogP contribution in [-0.2, 0) is 20.1 Å². The van der Waals surface area contributed by atoms with Crippen molar-refractivity contribution in [2.24, 2.45) is 7.05 Å². The number of fused-ring (bicyclic) bond motifs is 2. The molecule has 0 aliphatic carbocycles. The molecule has 0 amide bonds. The van der Waals surface area contributed by atoms with E-state index in [9.17, 15) is 0 Å². The molecule has 1 N–H and O–H groups in total. The van der Waals surface area contributed by atoms with E-state index in [0.29, 0.717) is 0 Å². The lowest BCUT2D eigenvalue weighted by Gasteiger charge is -2.06. The van der Waals surface area contributed by atoms with E-state index >= 15 is 0 Å². The van der Waals surface area contributed by atoms with E-state index in [2.05, 4.69) is 44.0 Å². The zero-order valence-corrected chi connectivity index (χ0v) is 14.1. The monoisotopic (exact) mass is 320 g/mol. The van der Waals surface area contributed by atoms with Crippen molar-refractivity contribution in [2.75, 3.05) is 0 Å². The van der Waals surface area contributed by atoms with Crippen LogP contribution in [0.25, 0.3) is 16.7 Å². The van der Waals surface area contributed by atoms with Gasteiger partial charge in [-0.2, -0.15) is 5.10 Å². The Morgan fingerprint density at radius 3 is 2.88 bits per heavy atom. The van der Waals surface area contributed by atoms with Crippen molar-refractivity contribution in [3.05, 3.63) is 59.3 Å². The van der Waals surface area contributed by atoms with Crippen molar-refractivity contribution in [1.82, 2.24) is 29.5 Å². The first-order valence-corrected chi connectivity index (χ1v) is 8.05. The zero-order valence-electron chi connectivity index (χ0n) is 14.1. The predicted molar refractivity (Wildman–Crippen MR) is 93.7 cm³/mol. The fraction of sp³-hybridized carbons (Fsp3) is 0.278. The number of hydrogen-bond acceptors (Lipinski definition) is 4. The molecule has 4 aromatic heterocycles. The summed E-state index contributed by atoms with van der Waals surface area (Å²) < 4.78 is 3.96. The van der Waals surface area contributed by atoms with Crippen LogP contribution in [0.3, 0.4) is 0 Å². The van der Waals surface area contributed by atoms with Crippen molar-refractivity contribution in [1.29, 1.82) is 0 Å². The molecule has 0 radical (unpaired) electrons. The largest absolute Gasteiger partial charge is 0.307 e. The van der Waals surface area contributed by atoms with Crippen LogP contribution in [0, 0.1) is 13.8 Å². The molecule has 0 saturated heterocycles. The van der Waals surface area contributed by atoms with Gasteiger partial charge >= 0.3 is 0 Å². The van der Waals surface area contributed by atoms with E-state index in [4.69, 9.17) is 0 Å². The molecule has 0 atom stereocenters. The Kier molecular flexibility index (Phi) is 3.54. The van der Waals surface area contributed by atoms with E-state index in [-0.39, 0.29) is 0 Å². The van der Waals surface area contributed by atoms with Gasteiger partial charge in [-0.1, -0.05) is 6.07 Å². The van der Waals surface area contributed by atoms with E-state index in [1.54, 1.807) is 0 Å². The van der Waals surface area contributed by atoms with E-state index in [0.717, 1.165) is 46.7 Å². The summed E-state index contributed by atoms with van der Waals surface area (Å²) in [5.74, 6) is 0. The highest BCUT2D eigenvalue weighted by molar-refractivity contribution is 5.78. The Bertz CT molecular complexity index is 1030.